The van der Waals surface area contributed by atoms with E-state index in [1.807, 2.05) is 48.0 Å². The molecule has 5 heteroatoms. The lowest BCUT2D eigenvalue weighted by atomic mass is 10.1. The maximum atomic E-state index is 12.0. The second kappa shape index (κ2) is 6.43. The monoisotopic (exact) mass is 276 g/mol. The molecule has 0 aliphatic carbocycles. The number of thioether (sulfide) groups is 1. The quantitative estimate of drug-likeness (QED) is 0.622. The number of benzene rings is 1. The van der Waals surface area contributed by atoms with Crippen molar-refractivity contribution >= 4 is 17.7 Å². The van der Waals surface area contributed by atoms with E-state index in [-0.39, 0.29) is 11.2 Å². The van der Waals surface area contributed by atoms with Gasteiger partial charge in [0.25, 0.3) is 0 Å². The molecule has 19 heavy (non-hydrogen) atoms. The average molecular weight is 276 g/mol. The molecule has 0 bridgehead atoms. The SMILES string of the molecule is CCn1ccnc1SC(C(=O)OC)c1ccccc1. The van der Waals surface area contributed by atoms with Gasteiger partial charge in [-0.3, -0.25) is 4.79 Å². The van der Waals surface area contributed by atoms with Gasteiger partial charge in [0.05, 0.1) is 7.11 Å². The summed E-state index contributed by atoms with van der Waals surface area (Å²) in [5.41, 5.74) is 0.921. The van der Waals surface area contributed by atoms with Crippen LogP contribution in [0.5, 0.6) is 0 Å². The molecule has 0 aliphatic rings. The molecule has 1 unspecified atom stereocenters. The van der Waals surface area contributed by atoms with Gasteiger partial charge in [-0.05, 0) is 12.5 Å². The van der Waals surface area contributed by atoms with E-state index in [1.54, 1.807) is 6.20 Å². The van der Waals surface area contributed by atoms with Crippen molar-refractivity contribution in [2.75, 3.05) is 7.11 Å². The molecule has 0 spiro atoms. The zero-order chi connectivity index (χ0) is 13.7. The fraction of sp³-hybridized carbons (Fsp3) is 0.286. The first kappa shape index (κ1) is 13.7. The molecule has 0 saturated heterocycles. The highest BCUT2D eigenvalue weighted by atomic mass is 32.2. The molecule has 100 valence electrons. The Labute approximate surface area is 116 Å². The molecule has 0 saturated carbocycles. The number of aromatic nitrogens is 2. The lowest BCUT2D eigenvalue weighted by molar-refractivity contribution is -0.140. The summed E-state index contributed by atoms with van der Waals surface area (Å²) >= 11 is 1.41. The summed E-state index contributed by atoms with van der Waals surface area (Å²) in [6.45, 7) is 2.87. The van der Waals surface area contributed by atoms with Crippen molar-refractivity contribution < 1.29 is 9.53 Å². The van der Waals surface area contributed by atoms with Crippen LogP contribution in [0, 0.1) is 0 Å². The lowest BCUT2D eigenvalue weighted by Gasteiger charge is -2.14. The van der Waals surface area contributed by atoms with Gasteiger partial charge in [0.15, 0.2) is 5.16 Å². The lowest BCUT2D eigenvalue weighted by Crippen LogP contribution is -2.12. The highest BCUT2D eigenvalue weighted by molar-refractivity contribution is 8.00. The topological polar surface area (TPSA) is 44.1 Å². The van der Waals surface area contributed by atoms with Gasteiger partial charge in [-0.25, -0.2) is 4.98 Å². The van der Waals surface area contributed by atoms with Crippen LogP contribution < -0.4 is 0 Å². The maximum absolute atomic E-state index is 12.0. The Morgan fingerprint density at radius 2 is 2.16 bits per heavy atom. The highest BCUT2D eigenvalue weighted by Gasteiger charge is 2.24. The first-order chi connectivity index (χ1) is 9.26. The third kappa shape index (κ3) is 3.17. The second-order valence-electron chi connectivity index (χ2n) is 3.93. The summed E-state index contributed by atoms with van der Waals surface area (Å²) in [4.78, 5) is 16.2. The van der Waals surface area contributed by atoms with E-state index < -0.39 is 0 Å². The van der Waals surface area contributed by atoms with Gasteiger partial charge in [0.2, 0.25) is 0 Å². The fourth-order valence-corrected chi connectivity index (χ4v) is 2.89. The normalized spacial score (nSPS) is 12.1. The van der Waals surface area contributed by atoms with Crippen LogP contribution in [0.2, 0.25) is 0 Å². The van der Waals surface area contributed by atoms with Crippen molar-refractivity contribution in [3.05, 3.63) is 48.3 Å². The van der Waals surface area contributed by atoms with Gasteiger partial charge in [-0.1, -0.05) is 42.1 Å². The number of imidazole rings is 1. The molecule has 1 aromatic carbocycles. The zero-order valence-corrected chi connectivity index (χ0v) is 11.8. The Balaban J connectivity index is 2.27. The number of aryl methyl sites for hydroxylation is 1. The predicted octanol–water partition coefficient (Wildman–Crippen LogP) is 2.91. The Kier molecular flexibility index (Phi) is 4.63. The number of hydrogen-bond donors (Lipinski definition) is 0. The molecular weight excluding hydrogens is 260 g/mol. The molecule has 4 nitrogen and oxygen atoms in total. The van der Waals surface area contributed by atoms with Gasteiger partial charge >= 0.3 is 5.97 Å². The zero-order valence-electron chi connectivity index (χ0n) is 10.9. The Morgan fingerprint density at radius 1 is 1.42 bits per heavy atom. The molecule has 0 N–H and O–H groups in total. The number of nitrogens with zero attached hydrogens (tertiary/aromatic N) is 2. The molecule has 0 fully saturated rings. The molecule has 0 aliphatic heterocycles. The number of carbonyl (C=O) groups excluding carboxylic acids is 1. The highest BCUT2D eigenvalue weighted by Crippen LogP contribution is 2.35. The molecule has 0 amide bonds. The Bertz CT molecular complexity index is 539. The van der Waals surface area contributed by atoms with E-state index in [1.165, 1.54) is 18.9 Å². The minimum atomic E-state index is -0.390. The number of methoxy groups -OCH3 is 1. The molecule has 1 aromatic heterocycles. The smallest absolute Gasteiger partial charge is 0.323 e. The van der Waals surface area contributed by atoms with Crippen LogP contribution >= 0.6 is 11.8 Å². The van der Waals surface area contributed by atoms with Crippen LogP contribution in [0.3, 0.4) is 0 Å². The van der Waals surface area contributed by atoms with Gasteiger partial charge in [0.1, 0.15) is 5.25 Å². The minimum absolute atomic E-state index is 0.262. The summed E-state index contributed by atoms with van der Waals surface area (Å²) in [5, 5.41) is 0.431. The van der Waals surface area contributed by atoms with Crippen LogP contribution in [0.25, 0.3) is 0 Å². The number of ether oxygens (including phenoxy) is 1. The predicted molar refractivity (Wildman–Crippen MR) is 75.0 cm³/mol. The summed E-state index contributed by atoms with van der Waals surface area (Å²) in [6, 6.07) is 9.60. The first-order valence-corrected chi connectivity index (χ1v) is 6.94. The Hall–Kier alpha value is -1.75. The van der Waals surface area contributed by atoms with Crippen LogP contribution in [-0.4, -0.2) is 22.6 Å². The van der Waals surface area contributed by atoms with Crippen molar-refractivity contribution in [1.82, 2.24) is 9.55 Å². The van der Waals surface area contributed by atoms with Crippen LogP contribution in [-0.2, 0) is 16.1 Å². The number of carbonyl (C=O) groups is 1. The second-order valence-corrected chi connectivity index (χ2v) is 5.00. The minimum Gasteiger partial charge on any atom is -0.468 e. The summed E-state index contributed by atoms with van der Waals surface area (Å²) in [5.74, 6) is -0.262. The van der Waals surface area contributed by atoms with Crippen LogP contribution in [0.1, 0.15) is 17.7 Å². The van der Waals surface area contributed by atoms with Crippen molar-refractivity contribution in [3.8, 4) is 0 Å². The largest absolute Gasteiger partial charge is 0.468 e. The third-order valence-corrected chi connectivity index (χ3v) is 4.01. The van der Waals surface area contributed by atoms with Crippen molar-refractivity contribution in [3.63, 3.8) is 0 Å². The van der Waals surface area contributed by atoms with E-state index in [4.69, 9.17) is 4.74 Å². The van der Waals surface area contributed by atoms with E-state index >= 15 is 0 Å². The van der Waals surface area contributed by atoms with Crippen molar-refractivity contribution in [1.29, 1.82) is 0 Å². The van der Waals surface area contributed by atoms with Crippen LogP contribution in [0.15, 0.2) is 47.9 Å². The molecule has 2 aromatic rings. The van der Waals surface area contributed by atoms with Gasteiger partial charge in [0, 0.05) is 18.9 Å². The molecule has 1 atom stereocenters. The van der Waals surface area contributed by atoms with E-state index in [2.05, 4.69) is 4.98 Å². The number of rotatable bonds is 5. The average Bonchev–Trinajstić information content (AvgIpc) is 2.92. The number of esters is 1. The van der Waals surface area contributed by atoms with Crippen LogP contribution in [0.4, 0.5) is 0 Å². The summed E-state index contributed by atoms with van der Waals surface area (Å²) < 4.78 is 6.90. The van der Waals surface area contributed by atoms with E-state index in [0.29, 0.717) is 0 Å². The molecule has 0 radical (unpaired) electrons. The van der Waals surface area contributed by atoms with E-state index in [0.717, 1.165) is 17.3 Å². The third-order valence-electron chi connectivity index (χ3n) is 2.76. The number of hydrogen-bond acceptors (Lipinski definition) is 4. The summed E-state index contributed by atoms with van der Waals surface area (Å²) in [6.07, 6.45) is 3.65. The van der Waals surface area contributed by atoms with Gasteiger partial charge in [-0.2, -0.15) is 0 Å². The maximum Gasteiger partial charge on any atom is 0.323 e. The summed E-state index contributed by atoms with van der Waals surface area (Å²) in [7, 11) is 1.41. The first-order valence-electron chi connectivity index (χ1n) is 6.06. The standard InChI is InChI=1S/C14H16N2O2S/c1-3-16-10-9-15-14(16)19-12(13(17)18-2)11-7-5-4-6-8-11/h4-10,12H,3H2,1-2H3. The molecule has 2 rings (SSSR count). The molecular formula is C14H16N2O2S. The van der Waals surface area contributed by atoms with Gasteiger partial charge in [-0.15, -0.1) is 0 Å². The molecule has 1 heterocycles. The van der Waals surface area contributed by atoms with E-state index in [9.17, 15) is 4.79 Å². The fourth-order valence-electron chi connectivity index (χ4n) is 1.75. The van der Waals surface area contributed by atoms with Crippen molar-refractivity contribution in [2.45, 2.75) is 23.9 Å². The van der Waals surface area contributed by atoms with Gasteiger partial charge < -0.3 is 9.30 Å². The van der Waals surface area contributed by atoms with Crippen molar-refractivity contribution in [2.24, 2.45) is 0 Å². The Morgan fingerprint density at radius 3 is 2.79 bits per heavy atom.